The standard InChI is InChI=1S/C9H7N.C5H8N2OS/c1-2-6-9-8(4-1)5-3-7-10-9;8-4-3-7-2-1-6-5(7)9/h1-7H;1-2,8H,3-4H2,(H,6,9). The van der Waals surface area contributed by atoms with Gasteiger partial charge in [-0.05, 0) is 12.1 Å². The molecule has 0 aliphatic rings. The number of aliphatic hydroxyl groups is 1. The first-order chi connectivity index (χ1) is 9.31. The van der Waals surface area contributed by atoms with Crippen LogP contribution in [0.3, 0.4) is 0 Å². The van der Waals surface area contributed by atoms with Crippen molar-refractivity contribution in [3.05, 3.63) is 55.0 Å². The molecule has 0 saturated heterocycles. The number of rotatable bonds is 2. The molecule has 0 atom stereocenters. The Bertz CT molecular complexity index is 574. The normalized spacial score (nSPS) is 10.0. The van der Waals surface area contributed by atoms with Crippen molar-refractivity contribution in [1.29, 1.82) is 0 Å². The maximum Gasteiger partial charge on any atom is 0.164 e. The summed E-state index contributed by atoms with van der Waals surface area (Å²) in [6.45, 7) is 0.697. The van der Waals surface area contributed by atoms with E-state index in [0.29, 0.717) is 11.7 Å². The lowest BCUT2D eigenvalue weighted by Gasteiger charge is -1.97. The molecule has 98 valence electrons. The summed E-state index contributed by atoms with van der Waals surface area (Å²) >= 11 is 4.02. The molecule has 2 aromatic heterocycles. The minimum absolute atomic E-state index is 0.129. The SMILES string of the molecule is OCCn1ccnc1S.c1ccc2ncccc2c1. The highest BCUT2D eigenvalue weighted by Gasteiger charge is 1.93. The van der Waals surface area contributed by atoms with E-state index in [1.165, 1.54) is 5.39 Å². The number of aliphatic hydroxyl groups excluding tert-OH is 1. The summed E-state index contributed by atoms with van der Waals surface area (Å²) in [4.78, 5) is 8.03. The lowest BCUT2D eigenvalue weighted by atomic mass is 10.2. The second-order valence-electron chi connectivity index (χ2n) is 3.84. The van der Waals surface area contributed by atoms with E-state index in [1.54, 1.807) is 17.0 Å². The van der Waals surface area contributed by atoms with Crippen molar-refractivity contribution in [3.8, 4) is 0 Å². The maximum atomic E-state index is 8.48. The number of fused-ring (bicyclic) bond motifs is 1. The smallest absolute Gasteiger partial charge is 0.164 e. The summed E-state index contributed by atoms with van der Waals surface area (Å²) < 4.78 is 1.77. The van der Waals surface area contributed by atoms with Crippen molar-refractivity contribution in [2.45, 2.75) is 11.7 Å². The van der Waals surface area contributed by atoms with E-state index in [9.17, 15) is 0 Å². The quantitative estimate of drug-likeness (QED) is 0.705. The van der Waals surface area contributed by atoms with Crippen molar-refractivity contribution in [1.82, 2.24) is 14.5 Å². The number of thiol groups is 1. The van der Waals surface area contributed by atoms with E-state index in [0.717, 1.165) is 5.52 Å². The second kappa shape index (κ2) is 6.92. The third-order valence-electron chi connectivity index (χ3n) is 2.55. The Balaban J connectivity index is 0.000000141. The summed E-state index contributed by atoms with van der Waals surface area (Å²) in [5.41, 5.74) is 1.06. The molecular formula is C14H15N3OS. The fraction of sp³-hybridized carbons (Fsp3) is 0.143. The van der Waals surface area contributed by atoms with E-state index in [1.807, 2.05) is 30.5 Å². The molecule has 0 spiro atoms. The third-order valence-corrected chi connectivity index (χ3v) is 2.92. The van der Waals surface area contributed by atoms with Crippen molar-refractivity contribution < 1.29 is 5.11 Å². The lowest BCUT2D eigenvalue weighted by Crippen LogP contribution is -2.00. The molecule has 5 heteroatoms. The van der Waals surface area contributed by atoms with Gasteiger partial charge < -0.3 is 9.67 Å². The minimum Gasteiger partial charge on any atom is -0.395 e. The van der Waals surface area contributed by atoms with Crippen LogP contribution in [0, 0.1) is 0 Å². The van der Waals surface area contributed by atoms with Gasteiger partial charge in [0.25, 0.3) is 0 Å². The summed E-state index contributed by atoms with van der Waals surface area (Å²) in [6.07, 6.45) is 5.24. The van der Waals surface area contributed by atoms with Gasteiger partial charge in [0.15, 0.2) is 5.16 Å². The zero-order chi connectivity index (χ0) is 13.5. The average Bonchev–Trinajstić information content (AvgIpc) is 2.86. The van der Waals surface area contributed by atoms with Gasteiger partial charge in [-0.1, -0.05) is 24.3 Å². The highest BCUT2D eigenvalue weighted by atomic mass is 32.1. The predicted octanol–water partition coefficient (Wildman–Crippen LogP) is 2.40. The molecule has 0 fully saturated rings. The van der Waals surface area contributed by atoms with Crippen LogP contribution in [-0.2, 0) is 6.54 Å². The van der Waals surface area contributed by atoms with Crippen LogP contribution >= 0.6 is 12.6 Å². The van der Waals surface area contributed by atoms with Crippen molar-refractivity contribution in [2.24, 2.45) is 0 Å². The van der Waals surface area contributed by atoms with Crippen molar-refractivity contribution in [2.75, 3.05) is 6.61 Å². The van der Waals surface area contributed by atoms with Crippen LogP contribution in [0.15, 0.2) is 60.1 Å². The number of hydrogen-bond acceptors (Lipinski definition) is 4. The van der Waals surface area contributed by atoms with Gasteiger partial charge in [-0.25, -0.2) is 4.98 Å². The second-order valence-corrected chi connectivity index (χ2v) is 4.24. The van der Waals surface area contributed by atoms with Crippen molar-refractivity contribution >= 4 is 23.5 Å². The van der Waals surface area contributed by atoms with Gasteiger partial charge in [0, 0.05) is 30.5 Å². The van der Waals surface area contributed by atoms with E-state index >= 15 is 0 Å². The molecule has 2 heterocycles. The number of benzene rings is 1. The zero-order valence-corrected chi connectivity index (χ0v) is 11.2. The number of imidazole rings is 1. The Hall–Kier alpha value is -1.85. The molecule has 0 saturated carbocycles. The van der Waals surface area contributed by atoms with Crippen LogP contribution in [0.2, 0.25) is 0 Å². The van der Waals surface area contributed by atoms with Gasteiger partial charge in [-0.15, -0.1) is 12.6 Å². The van der Waals surface area contributed by atoms with Gasteiger partial charge in [0.05, 0.1) is 12.1 Å². The van der Waals surface area contributed by atoms with Crippen LogP contribution in [0.4, 0.5) is 0 Å². The summed E-state index contributed by atoms with van der Waals surface area (Å²) in [6, 6.07) is 12.1. The zero-order valence-electron chi connectivity index (χ0n) is 10.3. The van der Waals surface area contributed by atoms with Gasteiger partial charge in [-0.2, -0.15) is 0 Å². The van der Waals surface area contributed by atoms with E-state index in [4.69, 9.17) is 5.11 Å². The number of nitrogens with zero attached hydrogens (tertiary/aromatic N) is 3. The molecule has 1 N–H and O–H groups in total. The summed E-state index contributed by atoms with van der Waals surface area (Å²) in [5, 5.41) is 10.3. The Labute approximate surface area is 117 Å². The first-order valence-corrected chi connectivity index (χ1v) is 6.36. The number of hydrogen-bond donors (Lipinski definition) is 2. The minimum atomic E-state index is 0.129. The molecule has 1 aromatic carbocycles. The highest BCUT2D eigenvalue weighted by molar-refractivity contribution is 7.80. The monoisotopic (exact) mass is 273 g/mol. The lowest BCUT2D eigenvalue weighted by molar-refractivity contribution is 0.271. The molecule has 3 rings (SSSR count). The van der Waals surface area contributed by atoms with Crippen LogP contribution in [0.5, 0.6) is 0 Å². The molecule has 0 amide bonds. The Morgan fingerprint density at radius 1 is 1.05 bits per heavy atom. The maximum absolute atomic E-state index is 8.48. The van der Waals surface area contributed by atoms with Gasteiger partial charge >= 0.3 is 0 Å². The number of pyridine rings is 1. The Morgan fingerprint density at radius 2 is 1.84 bits per heavy atom. The van der Waals surface area contributed by atoms with Crippen LogP contribution in [0.25, 0.3) is 10.9 Å². The Morgan fingerprint density at radius 3 is 2.53 bits per heavy atom. The average molecular weight is 273 g/mol. The third kappa shape index (κ3) is 3.81. The largest absolute Gasteiger partial charge is 0.395 e. The molecule has 0 unspecified atom stereocenters. The summed E-state index contributed by atoms with van der Waals surface area (Å²) in [5.74, 6) is 0. The first-order valence-electron chi connectivity index (χ1n) is 5.92. The van der Waals surface area contributed by atoms with Crippen molar-refractivity contribution in [3.63, 3.8) is 0 Å². The Kier molecular flexibility index (Phi) is 4.94. The van der Waals surface area contributed by atoms with E-state index < -0.39 is 0 Å². The molecule has 3 aromatic rings. The number of aromatic nitrogens is 3. The molecule has 0 bridgehead atoms. The fourth-order valence-corrected chi connectivity index (χ4v) is 1.85. The van der Waals surface area contributed by atoms with Gasteiger partial charge in [0.1, 0.15) is 0 Å². The van der Waals surface area contributed by atoms with Gasteiger partial charge in [0.2, 0.25) is 0 Å². The molecule has 19 heavy (non-hydrogen) atoms. The first kappa shape index (κ1) is 13.6. The number of para-hydroxylation sites is 1. The molecule has 0 aliphatic heterocycles. The van der Waals surface area contributed by atoms with E-state index in [2.05, 4.69) is 34.7 Å². The van der Waals surface area contributed by atoms with Gasteiger partial charge in [-0.3, -0.25) is 4.98 Å². The molecule has 4 nitrogen and oxygen atoms in total. The molecule has 0 aliphatic carbocycles. The van der Waals surface area contributed by atoms with Crippen LogP contribution in [0.1, 0.15) is 0 Å². The van der Waals surface area contributed by atoms with Crippen LogP contribution < -0.4 is 0 Å². The molecular weight excluding hydrogens is 258 g/mol. The fourth-order valence-electron chi connectivity index (χ4n) is 1.62. The topological polar surface area (TPSA) is 50.9 Å². The van der Waals surface area contributed by atoms with E-state index in [-0.39, 0.29) is 6.61 Å². The van der Waals surface area contributed by atoms with Crippen LogP contribution in [-0.4, -0.2) is 26.2 Å². The molecule has 0 radical (unpaired) electrons. The predicted molar refractivity (Wildman–Crippen MR) is 78.3 cm³/mol. The highest BCUT2D eigenvalue weighted by Crippen LogP contribution is 2.07. The summed E-state index contributed by atoms with van der Waals surface area (Å²) in [7, 11) is 0.